The van der Waals surface area contributed by atoms with E-state index >= 15 is 0 Å². The van der Waals surface area contributed by atoms with E-state index in [2.05, 4.69) is 16.0 Å². The smallest absolute Gasteiger partial charge is 0.307 e. The van der Waals surface area contributed by atoms with Crippen LogP contribution in [-0.4, -0.2) is 59.3 Å². The fraction of sp³-hybridized carbons (Fsp3) is 0.233. The second-order valence-corrected chi connectivity index (χ2v) is 14.4. The number of ketones is 1. The Morgan fingerprint density at radius 2 is 1.22 bits per heavy atom. The molecule has 54 heavy (non-hydrogen) atoms. The largest absolute Gasteiger partial charge is 0.484 e. The van der Waals surface area contributed by atoms with Crippen LogP contribution in [0.3, 0.4) is 0 Å². The van der Waals surface area contributed by atoms with Crippen LogP contribution in [-0.2, 0) is 49.7 Å². The first-order chi connectivity index (χ1) is 26.2. The van der Waals surface area contributed by atoms with Gasteiger partial charge >= 0.3 is 5.97 Å². The lowest BCUT2D eigenvalue weighted by molar-refractivity contribution is -0.144. The van der Waals surface area contributed by atoms with E-state index in [4.69, 9.17) is 4.74 Å². The Bertz CT molecular complexity index is 2040. The Labute approximate surface area is 317 Å². The number of hydrogen-bond acceptors (Lipinski definition) is 7. The number of hydrogen-bond donors (Lipinski definition) is 4. The zero-order chi connectivity index (χ0) is 37.9. The molecule has 2 aliphatic heterocycles. The second kappa shape index (κ2) is 18.1. The standard InChI is InChI=1S/C43H41N3O7S/c47-39-25-33(43(51)52)22-29-15-19-34(20-16-29)53-27-40(48)44-38(26-35-12-7-21-54-35)42(50)46-37(41(49)45-36(39)23-28-8-3-1-4-9-28)24-30-13-17-32(18-14-30)31-10-5-2-6-11-31/h1-21,33,36-38H,22-27H2,(H,44,48)(H,45,49)(H,46,50)(H,51,52)/t33-,36-,37-,38+/m1/s1. The molecule has 2 bridgehead atoms. The van der Waals surface area contributed by atoms with Gasteiger partial charge in [-0.25, -0.2) is 0 Å². The lowest BCUT2D eigenvalue weighted by Gasteiger charge is -2.26. The van der Waals surface area contributed by atoms with Crippen molar-refractivity contribution in [3.8, 4) is 16.9 Å². The zero-order valence-electron chi connectivity index (χ0n) is 29.5. The molecule has 4 aromatic carbocycles. The monoisotopic (exact) mass is 743 g/mol. The number of carboxylic acids is 1. The lowest BCUT2D eigenvalue weighted by Crippen LogP contribution is -2.57. The maximum absolute atomic E-state index is 14.3. The molecule has 0 aliphatic carbocycles. The fourth-order valence-corrected chi connectivity index (χ4v) is 7.16. The number of rotatable bonds is 8. The van der Waals surface area contributed by atoms with Gasteiger partial charge in [-0.1, -0.05) is 103 Å². The van der Waals surface area contributed by atoms with Crippen molar-refractivity contribution < 1.29 is 33.8 Å². The molecule has 5 aromatic rings. The molecule has 10 nitrogen and oxygen atoms in total. The molecule has 4 N–H and O–H groups in total. The van der Waals surface area contributed by atoms with Gasteiger partial charge in [-0.15, -0.1) is 11.3 Å². The molecule has 0 spiro atoms. The Kier molecular flexibility index (Phi) is 12.6. The summed E-state index contributed by atoms with van der Waals surface area (Å²) in [7, 11) is 0. The van der Waals surface area contributed by atoms with Gasteiger partial charge < -0.3 is 25.8 Å². The van der Waals surface area contributed by atoms with Crippen molar-refractivity contribution in [2.75, 3.05) is 6.61 Å². The molecular formula is C43H41N3O7S. The van der Waals surface area contributed by atoms with Crippen LogP contribution in [0.2, 0.25) is 0 Å². The van der Waals surface area contributed by atoms with E-state index in [0.717, 1.165) is 27.1 Å². The van der Waals surface area contributed by atoms with Gasteiger partial charge in [0, 0.05) is 24.1 Å². The highest BCUT2D eigenvalue weighted by Gasteiger charge is 2.32. The van der Waals surface area contributed by atoms with Crippen molar-refractivity contribution in [1.82, 2.24) is 16.0 Å². The number of Topliss-reactive ketones (excluding diaryl/α,β-unsaturated/α-hetero) is 1. The highest BCUT2D eigenvalue weighted by Crippen LogP contribution is 2.22. The number of benzene rings is 4. The van der Waals surface area contributed by atoms with Crippen molar-refractivity contribution >= 4 is 40.8 Å². The van der Waals surface area contributed by atoms with Crippen molar-refractivity contribution in [3.63, 3.8) is 0 Å². The third-order valence-electron chi connectivity index (χ3n) is 9.33. The number of aliphatic carboxylic acids is 1. The van der Waals surface area contributed by atoms with Crippen LogP contribution in [0.15, 0.2) is 127 Å². The summed E-state index contributed by atoms with van der Waals surface area (Å²) >= 11 is 1.44. The van der Waals surface area contributed by atoms with E-state index in [0.29, 0.717) is 11.3 Å². The molecule has 276 valence electrons. The number of carbonyl (C=O) groups is 5. The number of carbonyl (C=O) groups excluding carboxylic acids is 4. The van der Waals surface area contributed by atoms with Crippen LogP contribution in [0.5, 0.6) is 5.75 Å². The van der Waals surface area contributed by atoms with Gasteiger partial charge in [0.25, 0.3) is 5.91 Å². The number of amides is 3. The first-order valence-corrected chi connectivity index (χ1v) is 18.7. The van der Waals surface area contributed by atoms with Crippen molar-refractivity contribution in [1.29, 1.82) is 0 Å². The average Bonchev–Trinajstić information content (AvgIpc) is 3.70. The van der Waals surface area contributed by atoms with Crippen molar-refractivity contribution in [3.05, 3.63) is 148 Å². The number of thiophene rings is 1. The van der Waals surface area contributed by atoms with E-state index < -0.39 is 53.5 Å². The summed E-state index contributed by atoms with van der Waals surface area (Å²) in [6.07, 6.45) is 0.108. The third-order valence-corrected chi connectivity index (χ3v) is 10.2. The molecule has 1 aromatic heterocycles. The Hall–Kier alpha value is -6.07. The number of nitrogens with one attached hydrogen (secondary N) is 3. The summed E-state index contributed by atoms with van der Waals surface area (Å²) in [6.45, 7) is -0.376. The molecular weight excluding hydrogens is 703 g/mol. The molecule has 2 aliphatic rings. The highest BCUT2D eigenvalue weighted by atomic mass is 32.1. The van der Waals surface area contributed by atoms with Crippen LogP contribution in [0, 0.1) is 5.92 Å². The van der Waals surface area contributed by atoms with E-state index in [-0.39, 0.29) is 38.7 Å². The third kappa shape index (κ3) is 10.5. The SMILES string of the molecule is O=C1COc2ccc(cc2)C[C@@H](C(=O)O)CC(=O)[C@@H](Cc2ccccc2)NC(=O)[C@@H](Cc2ccc(-c3ccccc3)cc2)NC(=O)[C@H](Cc2cccs2)N1. The molecule has 3 heterocycles. The number of fused-ring (bicyclic) bond motifs is 16. The van der Waals surface area contributed by atoms with E-state index in [1.807, 2.05) is 102 Å². The first-order valence-electron chi connectivity index (χ1n) is 17.8. The van der Waals surface area contributed by atoms with Crippen molar-refractivity contribution in [2.24, 2.45) is 5.92 Å². The summed E-state index contributed by atoms with van der Waals surface area (Å²) in [4.78, 5) is 68.9. The van der Waals surface area contributed by atoms with Gasteiger partial charge in [-0.2, -0.15) is 0 Å². The summed E-state index contributed by atoms with van der Waals surface area (Å²) in [6, 6.07) is 33.7. The maximum atomic E-state index is 14.3. The molecule has 0 saturated heterocycles. The molecule has 3 amide bonds. The maximum Gasteiger partial charge on any atom is 0.307 e. The van der Waals surface area contributed by atoms with Crippen molar-refractivity contribution in [2.45, 2.75) is 50.2 Å². The summed E-state index contributed by atoms with van der Waals surface area (Å²) in [5, 5.41) is 20.6. The van der Waals surface area contributed by atoms with Gasteiger partial charge in [-0.05, 0) is 64.2 Å². The van der Waals surface area contributed by atoms with Gasteiger partial charge in [0.2, 0.25) is 11.8 Å². The highest BCUT2D eigenvalue weighted by molar-refractivity contribution is 7.09. The Morgan fingerprint density at radius 1 is 0.630 bits per heavy atom. The predicted molar refractivity (Wildman–Crippen MR) is 206 cm³/mol. The number of carboxylic acid groups (broad SMARTS) is 1. The van der Waals surface area contributed by atoms with Crippen LogP contribution in [0.4, 0.5) is 0 Å². The summed E-state index contributed by atoms with van der Waals surface area (Å²) in [5.74, 6) is -4.01. The predicted octanol–water partition coefficient (Wildman–Crippen LogP) is 5.19. The molecule has 0 unspecified atom stereocenters. The molecule has 4 atom stereocenters. The average molecular weight is 744 g/mol. The molecule has 0 saturated carbocycles. The van der Waals surface area contributed by atoms with Crippen LogP contribution < -0.4 is 20.7 Å². The lowest BCUT2D eigenvalue weighted by atomic mass is 9.90. The minimum absolute atomic E-state index is 0.0654. The van der Waals surface area contributed by atoms with E-state index in [1.165, 1.54) is 11.3 Å². The molecule has 0 fully saturated rings. The normalized spacial score (nSPS) is 20.0. The van der Waals surface area contributed by atoms with Gasteiger partial charge in [0.1, 0.15) is 17.8 Å². The molecule has 11 heteroatoms. The van der Waals surface area contributed by atoms with Crippen LogP contribution in [0.25, 0.3) is 11.1 Å². The zero-order valence-corrected chi connectivity index (χ0v) is 30.3. The van der Waals surface area contributed by atoms with Gasteiger partial charge in [0.05, 0.1) is 12.0 Å². The minimum atomic E-state index is -1.15. The summed E-state index contributed by atoms with van der Waals surface area (Å²) < 4.78 is 5.70. The van der Waals surface area contributed by atoms with E-state index in [9.17, 15) is 29.1 Å². The van der Waals surface area contributed by atoms with Gasteiger partial charge in [-0.3, -0.25) is 24.0 Å². The molecule has 0 radical (unpaired) electrons. The quantitative estimate of drug-likeness (QED) is 0.160. The molecule has 7 rings (SSSR count). The summed E-state index contributed by atoms with van der Waals surface area (Å²) in [5.41, 5.74) is 4.19. The van der Waals surface area contributed by atoms with Crippen LogP contribution >= 0.6 is 11.3 Å². The Balaban J connectivity index is 1.34. The van der Waals surface area contributed by atoms with Gasteiger partial charge in [0.15, 0.2) is 12.4 Å². The minimum Gasteiger partial charge on any atom is -0.484 e. The second-order valence-electron chi connectivity index (χ2n) is 13.3. The number of ether oxygens (including phenoxy) is 1. The fourth-order valence-electron chi connectivity index (χ4n) is 6.41. The Morgan fingerprint density at radius 3 is 1.87 bits per heavy atom. The first kappa shape index (κ1) is 37.7. The van der Waals surface area contributed by atoms with E-state index in [1.54, 1.807) is 24.3 Å². The topological polar surface area (TPSA) is 151 Å². The van der Waals surface area contributed by atoms with Crippen LogP contribution in [0.1, 0.15) is 28.0 Å².